The smallest absolute Gasteiger partial charge is 0.191 e. The van der Waals surface area contributed by atoms with E-state index in [9.17, 15) is 4.39 Å². The number of hydrogen-bond acceptors (Lipinski definition) is 3. The van der Waals surface area contributed by atoms with E-state index in [4.69, 9.17) is 33.3 Å². The van der Waals surface area contributed by atoms with Crippen molar-refractivity contribution in [1.82, 2.24) is 5.32 Å². The molecule has 1 fully saturated rings. The van der Waals surface area contributed by atoms with Gasteiger partial charge < -0.3 is 14.8 Å². The molecule has 7 heteroatoms. The molecular formula is C19H18ClFN2O2S. The zero-order valence-corrected chi connectivity index (χ0v) is 16.1. The molecule has 2 aliphatic heterocycles. The van der Waals surface area contributed by atoms with Gasteiger partial charge in [0.25, 0.3) is 0 Å². The highest BCUT2D eigenvalue weighted by atomic mass is 35.5. The summed E-state index contributed by atoms with van der Waals surface area (Å²) in [5.74, 6) is 0.933. The highest BCUT2D eigenvalue weighted by molar-refractivity contribution is 7.80. The summed E-state index contributed by atoms with van der Waals surface area (Å²) in [5, 5.41) is 3.94. The Bertz CT molecular complexity index is 909. The van der Waals surface area contributed by atoms with E-state index in [1.165, 1.54) is 6.07 Å². The zero-order chi connectivity index (χ0) is 18.6. The number of nitrogens with one attached hydrogen (secondary N) is 1. The van der Waals surface area contributed by atoms with Crippen LogP contribution in [0.5, 0.6) is 11.5 Å². The second-order valence-electron chi connectivity index (χ2n) is 6.68. The van der Waals surface area contributed by atoms with Crippen LogP contribution < -0.4 is 19.7 Å². The van der Waals surface area contributed by atoms with Gasteiger partial charge in [-0.2, -0.15) is 0 Å². The molecule has 2 bridgehead atoms. The van der Waals surface area contributed by atoms with Gasteiger partial charge >= 0.3 is 0 Å². The highest BCUT2D eigenvalue weighted by Gasteiger charge is 2.54. The average Bonchev–Trinajstić information content (AvgIpc) is 2.60. The monoisotopic (exact) mass is 392 g/mol. The van der Waals surface area contributed by atoms with Gasteiger partial charge in [-0.05, 0) is 43.4 Å². The molecule has 3 unspecified atom stereocenters. The predicted molar refractivity (Wildman–Crippen MR) is 104 cm³/mol. The first kappa shape index (κ1) is 17.4. The highest BCUT2D eigenvalue weighted by Crippen LogP contribution is 2.52. The molecule has 0 amide bonds. The fraction of sp³-hybridized carbons (Fsp3) is 0.316. The summed E-state index contributed by atoms with van der Waals surface area (Å²) in [7, 11) is 1.62. The zero-order valence-electron chi connectivity index (χ0n) is 14.5. The molecule has 2 aromatic rings. The third kappa shape index (κ3) is 2.36. The van der Waals surface area contributed by atoms with Crippen LogP contribution in [0.1, 0.15) is 25.5 Å². The van der Waals surface area contributed by atoms with Crippen LogP contribution in [-0.4, -0.2) is 17.9 Å². The second kappa shape index (κ2) is 5.99. The van der Waals surface area contributed by atoms with Crippen molar-refractivity contribution in [2.75, 3.05) is 12.0 Å². The Morgan fingerprint density at radius 1 is 1.35 bits per heavy atom. The maximum absolute atomic E-state index is 13.6. The first-order chi connectivity index (χ1) is 12.4. The molecule has 26 heavy (non-hydrogen) atoms. The van der Waals surface area contributed by atoms with Gasteiger partial charge in [0.2, 0.25) is 0 Å². The number of ether oxygens (including phenoxy) is 2. The minimum atomic E-state index is -0.782. The summed E-state index contributed by atoms with van der Waals surface area (Å²) in [6.07, 6.45) is 0. The molecule has 0 radical (unpaired) electrons. The molecule has 2 heterocycles. The van der Waals surface area contributed by atoms with Gasteiger partial charge in [-0.3, -0.25) is 4.90 Å². The molecule has 1 saturated heterocycles. The number of methoxy groups -OCH3 is 1. The number of benzene rings is 2. The van der Waals surface area contributed by atoms with Crippen molar-refractivity contribution in [2.45, 2.75) is 25.6 Å². The molecule has 4 rings (SSSR count). The molecule has 0 aromatic heterocycles. The third-order valence-electron chi connectivity index (χ3n) is 5.31. The molecule has 3 atom stereocenters. The number of thiocarbonyl (C=S) groups is 1. The SMILES string of the molecule is COc1cccc2c1OC1(C)C(C)C2NC(=S)N1c1ccc(F)c(Cl)c1. The Balaban J connectivity index is 1.87. The van der Waals surface area contributed by atoms with Crippen molar-refractivity contribution in [3.63, 3.8) is 0 Å². The van der Waals surface area contributed by atoms with Crippen molar-refractivity contribution in [3.05, 3.63) is 52.8 Å². The van der Waals surface area contributed by atoms with E-state index in [0.717, 1.165) is 5.56 Å². The Labute approximate surface area is 161 Å². The van der Waals surface area contributed by atoms with Crippen molar-refractivity contribution < 1.29 is 13.9 Å². The molecule has 0 aliphatic carbocycles. The summed E-state index contributed by atoms with van der Waals surface area (Å²) < 4.78 is 25.6. The van der Waals surface area contributed by atoms with Gasteiger partial charge in [-0.1, -0.05) is 30.7 Å². The molecule has 136 valence electrons. The molecular weight excluding hydrogens is 375 g/mol. The van der Waals surface area contributed by atoms with Crippen molar-refractivity contribution in [3.8, 4) is 11.5 Å². The Hall–Kier alpha value is -2.05. The number of nitrogens with zero attached hydrogens (tertiary/aromatic N) is 1. The second-order valence-corrected chi connectivity index (χ2v) is 7.48. The van der Waals surface area contributed by atoms with Gasteiger partial charge in [0.15, 0.2) is 22.3 Å². The van der Waals surface area contributed by atoms with Gasteiger partial charge in [-0.15, -0.1) is 0 Å². The van der Waals surface area contributed by atoms with Crippen LogP contribution >= 0.6 is 23.8 Å². The number of anilines is 1. The fourth-order valence-electron chi connectivity index (χ4n) is 3.77. The number of halogens is 2. The fourth-order valence-corrected chi connectivity index (χ4v) is 4.36. The molecule has 0 spiro atoms. The standard InChI is InChI=1S/C19H18ClFN2O2S/c1-10-16-12-5-4-6-15(24-3)17(12)25-19(10,2)23(18(26)22-16)11-7-8-14(21)13(20)9-11/h4-10,16H,1-3H3,(H,22,26). The Morgan fingerprint density at radius 2 is 2.12 bits per heavy atom. The number of fused-ring (bicyclic) bond motifs is 4. The van der Waals surface area contributed by atoms with E-state index in [0.29, 0.717) is 22.3 Å². The largest absolute Gasteiger partial charge is 0.493 e. The summed E-state index contributed by atoms with van der Waals surface area (Å²) in [6.45, 7) is 4.07. The van der Waals surface area contributed by atoms with E-state index in [2.05, 4.69) is 12.2 Å². The maximum Gasteiger partial charge on any atom is 0.191 e. The minimum absolute atomic E-state index is 0.0153. The lowest BCUT2D eigenvalue weighted by Gasteiger charge is -2.56. The minimum Gasteiger partial charge on any atom is -0.493 e. The number of para-hydroxylation sites is 1. The lowest BCUT2D eigenvalue weighted by atomic mass is 9.80. The summed E-state index contributed by atoms with van der Waals surface area (Å²) in [6, 6.07) is 10.3. The van der Waals surface area contributed by atoms with Gasteiger partial charge in [0, 0.05) is 17.2 Å². The normalized spacial score (nSPS) is 26.7. The molecule has 1 N–H and O–H groups in total. The van der Waals surface area contributed by atoms with Crippen LogP contribution in [-0.2, 0) is 0 Å². The van der Waals surface area contributed by atoms with Crippen molar-refractivity contribution in [1.29, 1.82) is 0 Å². The van der Waals surface area contributed by atoms with Crippen LogP contribution in [0.15, 0.2) is 36.4 Å². The lowest BCUT2D eigenvalue weighted by Crippen LogP contribution is -2.69. The van der Waals surface area contributed by atoms with E-state index >= 15 is 0 Å². The maximum atomic E-state index is 13.6. The molecule has 2 aromatic carbocycles. The molecule has 2 aliphatic rings. The van der Waals surface area contributed by atoms with Gasteiger partial charge in [0.1, 0.15) is 5.82 Å². The average molecular weight is 393 g/mol. The lowest BCUT2D eigenvalue weighted by molar-refractivity contribution is -0.00546. The summed E-state index contributed by atoms with van der Waals surface area (Å²) in [4.78, 5) is 1.85. The Morgan fingerprint density at radius 3 is 2.81 bits per heavy atom. The third-order valence-corrected chi connectivity index (χ3v) is 5.90. The van der Waals surface area contributed by atoms with Gasteiger partial charge in [0.05, 0.1) is 18.2 Å². The van der Waals surface area contributed by atoms with Crippen LogP contribution in [0, 0.1) is 11.7 Å². The van der Waals surface area contributed by atoms with Gasteiger partial charge in [-0.25, -0.2) is 4.39 Å². The van der Waals surface area contributed by atoms with Crippen LogP contribution in [0.4, 0.5) is 10.1 Å². The van der Waals surface area contributed by atoms with Crippen LogP contribution in [0.2, 0.25) is 5.02 Å². The van der Waals surface area contributed by atoms with E-state index < -0.39 is 11.5 Å². The quantitative estimate of drug-likeness (QED) is 0.751. The van der Waals surface area contributed by atoms with Crippen molar-refractivity contribution >= 4 is 34.6 Å². The first-order valence-electron chi connectivity index (χ1n) is 8.28. The van der Waals surface area contributed by atoms with Crippen molar-refractivity contribution in [2.24, 2.45) is 5.92 Å². The first-order valence-corrected chi connectivity index (χ1v) is 9.07. The van der Waals surface area contributed by atoms with Crippen LogP contribution in [0.25, 0.3) is 0 Å². The molecule has 0 saturated carbocycles. The van der Waals surface area contributed by atoms with E-state index in [-0.39, 0.29) is 17.0 Å². The predicted octanol–water partition coefficient (Wildman–Crippen LogP) is 4.67. The summed E-state index contributed by atoms with van der Waals surface area (Å²) in [5.41, 5.74) is 0.893. The van der Waals surface area contributed by atoms with Crippen LogP contribution in [0.3, 0.4) is 0 Å². The Kier molecular flexibility index (Phi) is 4.00. The number of hydrogen-bond donors (Lipinski definition) is 1. The summed E-state index contributed by atoms with van der Waals surface area (Å²) >= 11 is 11.6. The molecule has 4 nitrogen and oxygen atoms in total. The topological polar surface area (TPSA) is 33.7 Å². The van der Waals surface area contributed by atoms with E-state index in [1.54, 1.807) is 19.2 Å². The van der Waals surface area contributed by atoms with E-state index in [1.807, 2.05) is 30.0 Å². The number of rotatable bonds is 2.